The van der Waals surface area contributed by atoms with E-state index in [1.165, 1.54) is 6.33 Å². The molecule has 0 radical (unpaired) electrons. The van der Waals surface area contributed by atoms with Crippen molar-refractivity contribution in [3.63, 3.8) is 0 Å². The molecule has 0 spiro atoms. The molecular formula is C16H14F2N4O2S. The lowest BCUT2D eigenvalue weighted by atomic mass is 10.1. The molecule has 0 aliphatic carbocycles. The molecule has 1 unspecified atom stereocenters. The summed E-state index contributed by atoms with van der Waals surface area (Å²) >= 11 is 0. The molecule has 0 saturated heterocycles. The second kappa shape index (κ2) is 6.69. The maximum atomic E-state index is 13.3. The van der Waals surface area contributed by atoms with Crippen molar-refractivity contribution in [2.75, 3.05) is 0 Å². The molecule has 0 aliphatic rings. The van der Waals surface area contributed by atoms with Gasteiger partial charge in [0.2, 0.25) is 10.0 Å². The average molecular weight is 364 g/mol. The van der Waals surface area contributed by atoms with Crippen molar-refractivity contribution in [1.29, 1.82) is 0 Å². The Labute approximate surface area is 143 Å². The lowest BCUT2D eigenvalue weighted by molar-refractivity contribution is 0.503. The van der Waals surface area contributed by atoms with E-state index in [-0.39, 0.29) is 4.90 Å². The summed E-state index contributed by atoms with van der Waals surface area (Å²) in [6.45, 7) is 1.65. The van der Waals surface area contributed by atoms with Crippen LogP contribution in [0.5, 0.6) is 0 Å². The molecule has 3 aromatic rings. The zero-order valence-corrected chi connectivity index (χ0v) is 13.9. The van der Waals surface area contributed by atoms with Crippen molar-refractivity contribution in [3.05, 3.63) is 72.3 Å². The number of benzene rings is 2. The highest BCUT2D eigenvalue weighted by Crippen LogP contribution is 2.19. The fourth-order valence-electron chi connectivity index (χ4n) is 2.27. The molecule has 0 saturated carbocycles. The quantitative estimate of drug-likeness (QED) is 0.755. The van der Waals surface area contributed by atoms with E-state index in [1.54, 1.807) is 42.2 Å². The Bertz CT molecular complexity index is 974. The first-order valence-corrected chi connectivity index (χ1v) is 8.77. The van der Waals surface area contributed by atoms with Crippen LogP contribution < -0.4 is 4.72 Å². The van der Waals surface area contributed by atoms with Gasteiger partial charge in [-0.25, -0.2) is 31.6 Å². The van der Waals surface area contributed by atoms with Gasteiger partial charge in [-0.2, -0.15) is 5.10 Å². The highest BCUT2D eigenvalue weighted by molar-refractivity contribution is 7.89. The first-order valence-electron chi connectivity index (χ1n) is 7.29. The summed E-state index contributed by atoms with van der Waals surface area (Å²) in [5.74, 6) is -2.32. The predicted octanol–water partition coefficient (Wildman–Crippen LogP) is 2.59. The lowest BCUT2D eigenvalue weighted by Gasteiger charge is -2.15. The number of halogens is 2. The van der Waals surface area contributed by atoms with Gasteiger partial charge in [0, 0.05) is 6.04 Å². The molecule has 1 atom stereocenters. The Morgan fingerprint density at radius 1 is 1.08 bits per heavy atom. The number of hydrogen-bond donors (Lipinski definition) is 1. The number of aromatic nitrogens is 3. The van der Waals surface area contributed by atoms with Gasteiger partial charge in [-0.3, -0.25) is 0 Å². The van der Waals surface area contributed by atoms with Crippen molar-refractivity contribution >= 4 is 10.0 Å². The molecule has 0 aliphatic heterocycles. The average Bonchev–Trinajstić information content (AvgIpc) is 3.11. The molecule has 6 nitrogen and oxygen atoms in total. The van der Waals surface area contributed by atoms with Crippen LogP contribution in [0.4, 0.5) is 8.78 Å². The summed E-state index contributed by atoms with van der Waals surface area (Å²) in [7, 11) is -3.98. The van der Waals surface area contributed by atoms with Gasteiger partial charge in [0.15, 0.2) is 11.6 Å². The summed E-state index contributed by atoms with van der Waals surface area (Å²) in [6.07, 6.45) is 2.96. The highest BCUT2D eigenvalue weighted by Gasteiger charge is 2.20. The minimum atomic E-state index is -3.98. The van der Waals surface area contributed by atoms with Gasteiger partial charge in [-0.15, -0.1) is 0 Å². The van der Waals surface area contributed by atoms with Crippen molar-refractivity contribution in [2.24, 2.45) is 0 Å². The first-order chi connectivity index (χ1) is 11.9. The zero-order valence-electron chi connectivity index (χ0n) is 13.1. The monoisotopic (exact) mass is 364 g/mol. The molecule has 1 N–H and O–H groups in total. The molecule has 3 rings (SSSR count). The van der Waals surface area contributed by atoms with E-state index >= 15 is 0 Å². The Morgan fingerprint density at radius 2 is 1.80 bits per heavy atom. The van der Waals surface area contributed by atoms with Crippen LogP contribution in [0.3, 0.4) is 0 Å². The summed E-state index contributed by atoms with van der Waals surface area (Å²) < 4.78 is 54.9. The molecule has 1 aromatic heterocycles. The standard InChI is InChI=1S/C16H14F2N4O2S/c1-11(12-2-4-13(5-3-12)22-10-19-9-20-22)21-25(23,24)14-6-7-15(17)16(18)8-14/h2-11,21H,1H3. The molecule has 2 aromatic carbocycles. The first kappa shape index (κ1) is 17.2. The van der Waals surface area contributed by atoms with Gasteiger partial charge < -0.3 is 0 Å². The van der Waals surface area contributed by atoms with Gasteiger partial charge in [0.05, 0.1) is 10.6 Å². The number of nitrogens with zero attached hydrogens (tertiary/aromatic N) is 3. The van der Waals surface area contributed by atoms with Crippen molar-refractivity contribution < 1.29 is 17.2 Å². The molecular weight excluding hydrogens is 350 g/mol. The van der Waals surface area contributed by atoms with Crippen LogP contribution in [0.1, 0.15) is 18.5 Å². The van der Waals surface area contributed by atoms with Crippen molar-refractivity contribution in [1.82, 2.24) is 19.5 Å². The van der Waals surface area contributed by atoms with Gasteiger partial charge in [0.1, 0.15) is 12.7 Å². The zero-order chi connectivity index (χ0) is 18.0. The smallest absolute Gasteiger partial charge is 0.223 e. The van der Waals surface area contributed by atoms with E-state index in [4.69, 9.17) is 0 Å². The van der Waals surface area contributed by atoms with Crippen LogP contribution in [0.25, 0.3) is 5.69 Å². The van der Waals surface area contributed by atoms with Gasteiger partial charge in [-0.05, 0) is 42.8 Å². The second-order valence-electron chi connectivity index (χ2n) is 5.35. The summed E-state index contributed by atoms with van der Waals surface area (Å²) in [6, 6.07) is 8.91. The molecule has 0 bridgehead atoms. The number of nitrogens with one attached hydrogen (secondary N) is 1. The molecule has 25 heavy (non-hydrogen) atoms. The van der Waals surface area contributed by atoms with E-state index in [0.29, 0.717) is 11.6 Å². The molecule has 0 amide bonds. The number of rotatable bonds is 5. The third-order valence-corrected chi connectivity index (χ3v) is 5.15. The van der Waals surface area contributed by atoms with Crippen molar-refractivity contribution in [2.45, 2.75) is 17.9 Å². The Kier molecular flexibility index (Phi) is 4.60. The van der Waals surface area contributed by atoms with Crippen LogP contribution in [0.2, 0.25) is 0 Å². The summed E-state index contributed by atoms with van der Waals surface area (Å²) in [5.41, 5.74) is 1.48. The third kappa shape index (κ3) is 3.72. The van der Waals surface area contributed by atoms with E-state index in [2.05, 4.69) is 14.8 Å². The fraction of sp³-hybridized carbons (Fsp3) is 0.125. The molecule has 0 fully saturated rings. The van der Waals surface area contributed by atoms with Gasteiger partial charge in [0.25, 0.3) is 0 Å². The Morgan fingerprint density at radius 3 is 2.40 bits per heavy atom. The summed E-state index contributed by atoms with van der Waals surface area (Å²) in [4.78, 5) is 3.52. The predicted molar refractivity (Wildman–Crippen MR) is 86.5 cm³/mol. The molecule has 9 heteroatoms. The fourth-order valence-corrected chi connectivity index (χ4v) is 3.51. The van der Waals surface area contributed by atoms with E-state index in [1.807, 2.05) is 0 Å². The maximum Gasteiger partial charge on any atom is 0.241 e. The van der Waals surface area contributed by atoms with Crippen LogP contribution >= 0.6 is 0 Å². The molecule has 1 heterocycles. The van der Waals surface area contributed by atoms with E-state index in [9.17, 15) is 17.2 Å². The van der Waals surface area contributed by atoms with Gasteiger partial charge >= 0.3 is 0 Å². The van der Waals surface area contributed by atoms with Gasteiger partial charge in [-0.1, -0.05) is 12.1 Å². The van der Waals surface area contributed by atoms with Crippen LogP contribution in [0, 0.1) is 11.6 Å². The minimum absolute atomic E-state index is 0.336. The highest BCUT2D eigenvalue weighted by atomic mass is 32.2. The minimum Gasteiger partial charge on any atom is -0.223 e. The third-order valence-electron chi connectivity index (χ3n) is 3.61. The van der Waals surface area contributed by atoms with E-state index in [0.717, 1.165) is 17.8 Å². The number of hydrogen-bond acceptors (Lipinski definition) is 4. The largest absolute Gasteiger partial charge is 0.241 e. The lowest BCUT2D eigenvalue weighted by Crippen LogP contribution is -2.27. The topological polar surface area (TPSA) is 76.9 Å². The maximum absolute atomic E-state index is 13.3. The van der Waals surface area contributed by atoms with Crippen LogP contribution in [-0.4, -0.2) is 23.2 Å². The second-order valence-corrected chi connectivity index (χ2v) is 7.06. The Balaban J connectivity index is 1.78. The number of sulfonamides is 1. The van der Waals surface area contributed by atoms with Crippen LogP contribution in [0.15, 0.2) is 60.0 Å². The molecule has 130 valence electrons. The van der Waals surface area contributed by atoms with Crippen LogP contribution in [-0.2, 0) is 10.0 Å². The van der Waals surface area contributed by atoms with E-state index < -0.39 is 27.7 Å². The van der Waals surface area contributed by atoms with Crippen molar-refractivity contribution in [3.8, 4) is 5.69 Å². The normalized spacial score (nSPS) is 12.9. The Hall–Kier alpha value is -2.65. The summed E-state index contributed by atoms with van der Waals surface area (Å²) in [5, 5.41) is 4.00. The SMILES string of the molecule is CC(NS(=O)(=O)c1ccc(F)c(F)c1)c1ccc(-n2cncn2)cc1.